The molecule has 1 saturated heterocycles. The van der Waals surface area contributed by atoms with Crippen LogP contribution in [0.5, 0.6) is 0 Å². The Labute approximate surface area is 171 Å². The van der Waals surface area contributed by atoms with Gasteiger partial charge in [0.25, 0.3) is 0 Å². The van der Waals surface area contributed by atoms with Gasteiger partial charge in [-0.2, -0.15) is 10.2 Å². The van der Waals surface area contributed by atoms with E-state index in [0.29, 0.717) is 12.1 Å². The number of hydrogen-bond acceptors (Lipinski definition) is 7. The molecule has 2 aliphatic heterocycles. The normalized spacial score (nSPS) is 21.1. The molecular weight excluding hydrogens is 414 g/mol. The lowest BCUT2D eigenvalue weighted by molar-refractivity contribution is -0.119. The second-order valence-electron chi connectivity index (χ2n) is 7.94. The van der Waals surface area contributed by atoms with Crippen molar-refractivity contribution in [2.75, 3.05) is 19.3 Å². The van der Waals surface area contributed by atoms with Crippen LogP contribution in [0.2, 0.25) is 0 Å². The van der Waals surface area contributed by atoms with Gasteiger partial charge in [0.05, 0.1) is 22.9 Å². The SMILES string of the molecule is CC(C)(C(=O)CC1=NN=C(c2ccccc2)C1)S(=O)(=O)C1CCN(S(C)(=O)=O)C1. The highest BCUT2D eigenvalue weighted by Crippen LogP contribution is 2.30. The highest BCUT2D eigenvalue weighted by Gasteiger charge is 2.49. The minimum Gasteiger partial charge on any atom is -0.298 e. The number of Topliss-reactive ketones (excluding diaryl/α,β-unsaturated/α-hetero) is 1. The molecule has 0 bridgehead atoms. The molecule has 3 rings (SSSR count). The minimum atomic E-state index is -3.89. The van der Waals surface area contributed by atoms with E-state index in [1.807, 2.05) is 30.3 Å². The van der Waals surface area contributed by atoms with E-state index in [1.54, 1.807) is 0 Å². The van der Waals surface area contributed by atoms with E-state index in [1.165, 1.54) is 13.8 Å². The molecule has 0 spiro atoms. The van der Waals surface area contributed by atoms with Gasteiger partial charge in [0, 0.05) is 25.9 Å². The standard InChI is InChI=1S/C19H25N3O5S2/c1-19(2,29(26,27)16-9-10-22(13-16)28(3,24)25)18(23)12-15-11-17(21-20-15)14-7-5-4-6-8-14/h4-8,16H,9-13H2,1-3H3. The maximum absolute atomic E-state index is 13.1. The molecule has 2 heterocycles. The molecule has 8 nitrogen and oxygen atoms in total. The molecule has 2 aliphatic rings. The summed E-state index contributed by atoms with van der Waals surface area (Å²) in [5.41, 5.74) is 2.19. The first kappa shape index (κ1) is 21.8. The third kappa shape index (κ3) is 4.34. The molecule has 0 radical (unpaired) electrons. The Kier molecular flexibility index (Phi) is 5.81. The van der Waals surface area contributed by atoms with Crippen LogP contribution in [0.3, 0.4) is 0 Å². The molecule has 0 N–H and O–H groups in total. The average Bonchev–Trinajstić information content (AvgIpc) is 3.32. The van der Waals surface area contributed by atoms with Crippen LogP contribution < -0.4 is 0 Å². The number of nitrogens with zero attached hydrogens (tertiary/aromatic N) is 3. The fourth-order valence-electron chi connectivity index (χ4n) is 3.51. The molecule has 0 aliphatic carbocycles. The van der Waals surface area contributed by atoms with Crippen molar-refractivity contribution in [1.29, 1.82) is 0 Å². The Morgan fingerprint density at radius 2 is 1.79 bits per heavy atom. The lowest BCUT2D eigenvalue weighted by Crippen LogP contribution is -2.47. The summed E-state index contributed by atoms with van der Waals surface area (Å²) in [5, 5.41) is 7.31. The fourth-order valence-corrected chi connectivity index (χ4v) is 6.51. The molecule has 10 heteroatoms. The molecule has 1 fully saturated rings. The van der Waals surface area contributed by atoms with Crippen molar-refractivity contribution in [3.63, 3.8) is 0 Å². The molecule has 1 atom stereocenters. The van der Waals surface area contributed by atoms with E-state index < -0.39 is 35.6 Å². The molecule has 0 aromatic heterocycles. The predicted octanol–water partition coefficient (Wildman–Crippen LogP) is 1.42. The van der Waals surface area contributed by atoms with Gasteiger partial charge in [-0.05, 0) is 25.8 Å². The molecule has 0 saturated carbocycles. The summed E-state index contributed by atoms with van der Waals surface area (Å²) in [7, 11) is -7.35. The van der Waals surface area contributed by atoms with Gasteiger partial charge in [-0.25, -0.2) is 21.1 Å². The Morgan fingerprint density at radius 1 is 1.14 bits per heavy atom. The molecule has 29 heavy (non-hydrogen) atoms. The van der Waals surface area contributed by atoms with Crippen molar-refractivity contribution in [3.05, 3.63) is 35.9 Å². The average molecular weight is 440 g/mol. The molecule has 0 amide bonds. The maximum Gasteiger partial charge on any atom is 0.211 e. The number of benzene rings is 1. The Morgan fingerprint density at radius 3 is 2.38 bits per heavy atom. The molecule has 1 unspecified atom stereocenters. The number of sulfone groups is 1. The van der Waals surface area contributed by atoms with Crippen molar-refractivity contribution in [2.24, 2.45) is 10.2 Å². The second kappa shape index (κ2) is 7.73. The highest BCUT2D eigenvalue weighted by atomic mass is 32.2. The fraction of sp³-hybridized carbons (Fsp3) is 0.526. The summed E-state index contributed by atoms with van der Waals surface area (Å²) in [6.07, 6.45) is 1.54. The molecule has 1 aromatic rings. The lowest BCUT2D eigenvalue weighted by Gasteiger charge is -2.27. The minimum absolute atomic E-state index is 0.103. The second-order valence-corrected chi connectivity index (χ2v) is 12.7. The van der Waals surface area contributed by atoms with Crippen molar-refractivity contribution in [3.8, 4) is 0 Å². The number of ketones is 1. The van der Waals surface area contributed by atoms with Crippen LogP contribution in [-0.4, -0.2) is 67.7 Å². The smallest absolute Gasteiger partial charge is 0.211 e. The number of sulfonamides is 1. The lowest BCUT2D eigenvalue weighted by atomic mass is 9.98. The van der Waals surface area contributed by atoms with Gasteiger partial charge in [-0.1, -0.05) is 30.3 Å². The summed E-state index contributed by atoms with van der Waals surface area (Å²) in [4.78, 5) is 12.9. The first-order chi connectivity index (χ1) is 13.4. The van der Waals surface area contributed by atoms with E-state index in [-0.39, 0.29) is 25.9 Å². The van der Waals surface area contributed by atoms with E-state index in [0.717, 1.165) is 21.8 Å². The molecular formula is C19H25N3O5S2. The summed E-state index contributed by atoms with van der Waals surface area (Å²) < 4.78 is 49.2. The van der Waals surface area contributed by atoms with Crippen molar-refractivity contribution >= 4 is 37.1 Å². The quantitative estimate of drug-likeness (QED) is 0.638. The van der Waals surface area contributed by atoms with E-state index in [9.17, 15) is 21.6 Å². The van der Waals surface area contributed by atoms with Crippen LogP contribution in [0.4, 0.5) is 0 Å². The first-order valence-corrected chi connectivity index (χ1v) is 12.7. The largest absolute Gasteiger partial charge is 0.298 e. The predicted molar refractivity (Wildman–Crippen MR) is 112 cm³/mol. The van der Waals surface area contributed by atoms with Crippen LogP contribution >= 0.6 is 0 Å². The Hall–Kier alpha value is -1.91. The van der Waals surface area contributed by atoms with Crippen LogP contribution in [-0.2, 0) is 24.7 Å². The number of carbonyl (C=O) groups is 1. The van der Waals surface area contributed by atoms with Crippen LogP contribution in [0.15, 0.2) is 40.5 Å². The van der Waals surface area contributed by atoms with Gasteiger partial charge in [-0.3, -0.25) is 4.79 Å². The van der Waals surface area contributed by atoms with Crippen LogP contribution in [0.1, 0.15) is 38.7 Å². The zero-order chi connectivity index (χ0) is 21.4. The van der Waals surface area contributed by atoms with Gasteiger partial charge >= 0.3 is 0 Å². The van der Waals surface area contributed by atoms with Crippen LogP contribution in [0, 0.1) is 0 Å². The van der Waals surface area contributed by atoms with E-state index >= 15 is 0 Å². The zero-order valence-corrected chi connectivity index (χ0v) is 18.3. The Balaban J connectivity index is 1.67. The number of carbonyl (C=O) groups excluding carboxylic acids is 1. The monoisotopic (exact) mass is 439 g/mol. The molecule has 158 valence electrons. The van der Waals surface area contributed by atoms with Crippen molar-refractivity contribution in [2.45, 2.75) is 43.1 Å². The summed E-state index contributed by atoms with van der Waals surface area (Å²) in [6, 6.07) is 9.48. The number of hydrogen-bond donors (Lipinski definition) is 0. The number of rotatable bonds is 7. The summed E-state index contributed by atoms with van der Waals surface area (Å²) in [5.74, 6) is -0.460. The molecule has 1 aromatic carbocycles. The summed E-state index contributed by atoms with van der Waals surface area (Å²) in [6.45, 7) is 2.82. The van der Waals surface area contributed by atoms with Gasteiger partial charge in [0.15, 0.2) is 15.6 Å². The highest BCUT2D eigenvalue weighted by molar-refractivity contribution is 7.94. The maximum atomic E-state index is 13.1. The first-order valence-electron chi connectivity index (χ1n) is 9.32. The van der Waals surface area contributed by atoms with Gasteiger partial charge in [-0.15, -0.1) is 0 Å². The van der Waals surface area contributed by atoms with Gasteiger partial charge in [0.2, 0.25) is 10.0 Å². The van der Waals surface area contributed by atoms with E-state index in [2.05, 4.69) is 10.2 Å². The van der Waals surface area contributed by atoms with E-state index in [4.69, 9.17) is 0 Å². The summed E-state index contributed by atoms with van der Waals surface area (Å²) >= 11 is 0. The topological polar surface area (TPSA) is 113 Å². The zero-order valence-electron chi connectivity index (χ0n) is 16.7. The van der Waals surface area contributed by atoms with Crippen molar-refractivity contribution in [1.82, 2.24) is 4.31 Å². The van der Waals surface area contributed by atoms with Crippen LogP contribution in [0.25, 0.3) is 0 Å². The van der Waals surface area contributed by atoms with Crippen molar-refractivity contribution < 1.29 is 21.6 Å². The third-order valence-electron chi connectivity index (χ3n) is 5.55. The van der Waals surface area contributed by atoms with Gasteiger partial charge < -0.3 is 0 Å². The van der Waals surface area contributed by atoms with Gasteiger partial charge in [0.1, 0.15) is 4.75 Å². The Bertz CT molecular complexity index is 1070. The third-order valence-corrected chi connectivity index (χ3v) is 9.74.